The third-order valence-corrected chi connectivity index (χ3v) is 7.34. The molecule has 0 spiro atoms. The van der Waals surface area contributed by atoms with E-state index in [9.17, 15) is 28.8 Å². The summed E-state index contributed by atoms with van der Waals surface area (Å²) in [5.41, 5.74) is 4.78. The van der Waals surface area contributed by atoms with E-state index in [4.69, 9.17) is 15.2 Å². The molecule has 0 heterocycles. The fraction of sp³-hybridized carbons (Fsp3) is 0.800. The second-order valence-corrected chi connectivity index (χ2v) is 12.8. The third-order valence-electron chi connectivity index (χ3n) is 7.34. The average Bonchev–Trinajstić information content (AvgIpc) is 2.92. The first-order valence-electron chi connectivity index (χ1n) is 14.9. The van der Waals surface area contributed by atoms with E-state index in [1.807, 2.05) is 0 Å². The zero-order chi connectivity index (χ0) is 34.9. The molecule has 0 saturated heterocycles. The van der Waals surface area contributed by atoms with Crippen LogP contribution in [0.15, 0.2) is 0 Å². The van der Waals surface area contributed by atoms with Gasteiger partial charge < -0.3 is 25.8 Å². The van der Waals surface area contributed by atoms with E-state index >= 15 is 8.78 Å². The van der Waals surface area contributed by atoms with Gasteiger partial charge in [0.05, 0.1) is 13.2 Å². The van der Waals surface area contributed by atoms with E-state index in [2.05, 4.69) is 10.6 Å². The van der Waals surface area contributed by atoms with Gasteiger partial charge in [0, 0.05) is 0 Å². The molecule has 0 fully saturated rings. The van der Waals surface area contributed by atoms with Crippen molar-refractivity contribution < 1.29 is 47.0 Å². The Morgan fingerprint density at radius 2 is 1.32 bits per heavy atom. The van der Waals surface area contributed by atoms with Crippen LogP contribution < -0.4 is 16.4 Å². The molecule has 254 valence electrons. The minimum Gasteiger partial charge on any atom is -0.467 e. The topological polar surface area (TPSA) is 174 Å². The standard InChI is InChI=1S/C30H52F2N4O8/c1-13-17(7)19(33)23(37)30(31,32)27(41)36(25(39)20(15(3)4)35-28(42)44-29(9,10)11)22(16(5)6)24(38)34-21(18(8)14-2)26(40)43-12/h15-22H,13-14,33H2,1-12H3,(H,34,38)(H,35,42)/t17-,18-,19-,20-,21-,22-/m0/s1. The monoisotopic (exact) mass is 634 g/mol. The van der Waals surface area contributed by atoms with Gasteiger partial charge in [-0.25, -0.2) is 9.59 Å². The molecule has 0 aromatic heterocycles. The molecule has 0 saturated carbocycles. The van der Waals surface area contributed by atoms with Gasteiger partial charge in [-0.05, 0) is 44.4 Å². The molecule has 6 atom stereocenters. The Balaban J connectivity index is 7.18. The zero-order valence-corrected chi connectivity index (χ0v) is 28.1. The molecule has 0 aromatic rings. The largest absolute Gasteiger partial charge is 0.467 e. The number of carbonyl (C=O) groups excluding carboxylic acids is 6. The number of nitrogens with zero attached hydrogens (tertiary/aromatic N) is 1. The second kappa shape index (κ2) is 16.8. The number of esters is 1. The molecule has 0 rings (SSSR count). The number of alkyl halides is 2. The minimum atomic E-state index is -4.82. The van der Waals surface area contributed by atoms with Crippen molar-refractivity contribution in [2.24, 2.45) is 29.4 Å². The number of alkyl carbamates (subject to hydrolysis) is 1. The molecule has 12 nitrogen and oxygen atoms in total. The predicted octanol–water partition coefficient (Wildman–Crippen LogP) is 3.20. The van der Waals surface area contributed by atoms with Crippen LogP contribution in [0.3, 0.4) is 0 Å². The highest BCUT2D eigenvalue weighted by Gasteiger charge is 2.57. The summed E-state index contributed by atoms with van der Waals surface area (Å²) in [4.78, 5) is 79.5. The van der Waals surface area contributed by atoms with Gasteiger partial charge >= 0.3 is 23.9 Å². The Bertz CT molecular complexity index is 1040. The Morgan fingerprint density at radius 3 is 1.70 bits per heavy atom. The van der Waals surface area contributed by atoms with Crippen molar-refractivity contribution in [1.82, 2.24) is 15.5 Å². The quantitative estimate of drug-likeness (QED) is 0.181. The number of halogens is 2. The minimum absolute atomic E-state index is 0.00815. The molecule has 0 aliphatic rings. The summed E-state index contributed by atoms with van der Waals surface area (Å²) in [5.74, 6) is -15.4. The Kier molecular flexibility index (Phi) is 15.6. The van der Waals surface area contributed by atoms with Crippen molar-refractivity contribution in [3.63, 3.8) is 0 Å². The number of hydrogen-bond acceptors (Lipinski definition) is 9. The fourth-order valence-electron chi connectivity index (χ4n) is 4.19. The number of amides is 4. The lowest BCUT2D eigenvalue weighted by Gasteiger charge is -2.38. The number of nitrogens with one attached hydrogen (secondary N) is 2. The lowest BCUT2D eigenvalue weighted by Crippen LogP contribution is -2.66. The lowest BCUT2D eigenvalue weighted by atomic mass is 9.91. The highest BCUT2D eigenvalue weighted by atomic mass is 19.3. The van der Waals surface area contributed by atoms with Crippen molar-refractivity contribution in [3.8, 4) is 0 Å². The van der Waals surface area contributed by atoms with Gasteiger partial charge in [0.15, 0.2) is 0 Å². The maximum atomic E-state index is 15.7. The molecule has 0 radical (unpaired) electrons. The summed E-state index contributed by atoms with van der Waals surface area (Å²) in [6, 6.07) is -6.57. The van der Waals surface area contributed by atoms with Crippen LogP contribution in [0.1, 0.15) is 89.0 Å². The average molecular weight is 635 g/mol. The van der Waals surface area contributed by atoms with Crippen molar-refractivity contribution in [2.45, 2.75) is 125 Å². The van der Waals surface area contributed by atoms with Gasteiger partial charge in [0.2, 0.25) is 11.7 Å². The van der Waals surface area contributed by atoms with E-state index < -0.39 is 94.9 Å². The summed E-state index contributed by atoms with van der Waals surface area (Å²) in [5, 5.41) is 4.74. The Labute approximate surface area is 259 Å². The molecule has 0 bridgehead atoms. The van der Waals surface area contributed by atoms with Crippen LogP contribution in [0.4, 0.5) is 13.6 Å². The Morgan fingerprint density at radius 1 is 0.818 bits per heavy atom. The number of Topliss-reactive ketones (excluding diaryl/α,β-unsaturated/α-hetero) is 1. The first-order chi connectivity index (χ1) is 20.0. The molecule has 0 aliphatic heterocycles. The highest BCUT2D eigenvalue weighted by Crippen LogP contribution is 2.28. The lowest BCUT2D eigenvalue weighted by molar-refractivity contribution is -0.175. The van der Waals surface area contributed by atoms with Gasteiger partial charge in [0.25, 0.3) is 5.91 Å². The van der Waals surface area contributed by atoms with Crippen LogP contribution in [-0.4, -0.2) is 83.3 Å². The van der Waals surface area contributed by atoms with Crippen LogP contribution in [0.2, 0.25) is 0 Å². The number of rotatable bonds is 15. The van der Waals surface area contributed by atoms with Gasteiger partial charge in [0.1, 0.15) is 23.7 Å². The molecule has 4 N–H and O–H groups in total. The number of methoxy groups -OCH3 is 1. The van der Waals surface area contributed by atoms with E-state index in [-0.39, 0.29) is 11.3 Å². The van der Waals surface area contributed by atoms with Gasteiger partial charge in [-0.1, -0.05) is 68.2 Å². The van der Waals surface area contributed by atoms with Crippen LogP contribution >= 0.6 is 0 Å². The van der Waals surface area contributed by atoms with Gasteiger partial charge in [-0.15, -0.1) is 0 Å². The first-order valence-corrected chi connectivity index (χ1v) is 14.9. The summed E-state index contributed by atoms with van der Waals surface area (Å²) in [6.45, 7) is 16.9. The SMILES string of the molecule is CC[C@H](C)[C@H](N)C(=O)C(F)(F)C(=O)N(C(=O)[C@@H](NC(=O)OC(C)(C)C)C(C)C)[C@H](C(=O)N[C@H](C(=O)OC)[C@@H](C)CC)C(C)C. The second-order valence-electron chi connectivity index (χ2n) is 12.8. The summed E-state index contributed by atoms with van der Waals surface area (Å²) in [7, 11) is 1.10. The number of carbonyl (C=O) groups is 6. The van der Waals surface area contributed by atoms with Crippen LogP contribution in [-0.2, 0) is 33.4 Å². The molecule has 0 aliphatic carbocycles. The predicted molar refractivity (Wildman–Crippen MR) is 159 cm³/mol. The van der Waals surface area contributed by atoms with Crippen molar-refractivity contribution in [2.75, 3.05) is 7.11 Å². The maximum Gasteiger partial charge on any atom is 0.408 e. The van der Waals surface area contributed by atoms with Crippen molar-refractivity contribution in [3.05, 3.63) is 0 Å². The Hall–Kier alpha value is -3.16. The van der Waals surface area contributed by atoms with Gasteiger partial charge in [-0.2, -0.15) is 8.78 Å². The number of hydrogen-bond donors (Lipinski definition) is 3. The molecule has 0 unspecified atom stereocenters. The molecule has 4 amide bonds. The number of nitrogens with two attached hydrogens (primary N) is 1. The highest BCUT2D eigenvalue weighted by molar-refractivity contribution is 6.16. The number of ether oxygens (including phenoxy) is 2. The van der Waals surface area contributed by atoms with Crippen LogP contribution in [0, 0.1) is 23.7 Å². The van der Waals surface area contributed by atoms with E-state index in [1.54, 1.807) is 41.5 Å². The number of imide groups is 1. The molecular weight excluding hydrogens is 582 g/mol. The molecule has 14 heteroatoms. The van der Waals surface area contributed by atoms with Crippen molar-refractivity contribution in [1.29, 1.82) is 0 Å². The summed E-state index contributed by atoms with van der Waals surface area (Å²) >= 11 is 0. The molecular formula is C30H52F2N4O8. The molecule has 0 aromatic carbocycles. The first kappa shape index (κ1) is 40.8. The fourth-order valence-corrected chi connectivity index (χ4v) is 4.19. The van der Waals surface area contributed by atoms with Crippen molar-refractivity contribution >= 4 is 35.6 Å². The van der Waals surface area contributed by atoms with E-state index in [0.717, 1.165) is 7.11 Å². The summed E-state index contributed by atoms with van der Waals surface area (Å²) < 4.78 is 41.5. The zero-order valence-electron chi connectivity index (χ0n) is 28.1. The maximum absolute atomic E-state index is 15.7. The smallest absolute Gasteiger partial charge is 0.408 e. The van der Waals surface area contributed by atoms with Crippen LogP contribution in [0.5, 0.6) is 0 Å². The summed E-state index contributed by atoms with van der Waals surface area (Å²) in [6.07, 6.45) is -0.425. The van der Waals surface area contributed by atoms with Crippen LogP contribution in [0.25, 0.3) is 0 Å². The third kappa shape index (κ3) is 10.8. The van der Waals surface area contributed by atoms with E-state index in [0.29, 0.717) is 6.42 Å². The number of ketones is 1. The van der Waals surface area contributed by atoms with Gasteiger partial charge in [-0.3, -0.25) is 24.1 Å². The van der Waals surface area contributed by atoms with E-state index in [1.165, 1.54) is 34.6 Å². The molecule has 44 heavy (non-hydrogen) atoms. The normalized spacial score (nSPS) is 16.2.